The maximum Gasteiger partial charge on any atom is 0.251 e. The highest BCUT2D eigenvalue weighted by atomic mass is 127. The molecule has 0 unspecified atom stereocenters. The molecule has 0 fully saturated rings. The van der Waals surface area contributed by atoms with Crippen LogP contribution in [0.5, 0.6) is 0 Å². The first kappa shape index (κ1) is 17.4. The van der Waals surface area contributed by atoms with E-state index < -0.39 is 0 Å². The van der Waals surface area contributed by atoms with Crippen molar-refractivity contribution >= 4 is 35.8 Å². The van der Waals surface area contributed by atoms with Crippen LogP contribution >= 0.6 is 24.0 Å². The second kappa shape index (κ2) is 9.37. The molecule has 104 valence electrons. The summed E-state index contributed by atoms with van der Waals surface area (Å²) in [4.78, 5) is 15.6. The molecule has 6 heteroatoms. The van der Waals surface area contributed by atoms with Gasteiger partial charge < -0.3 is 16.4 Å². The molecule has 0 aliphatic rings. The summed E-state index contributed by atoms with van der Waals surface area (Å²) in [5, 5.41) is 5.46. The van der Waals surface area contributed by atoms with Crippen molar-refractivity contribution in [1.29, 1.82) is 0 Å². The molecule has 1 amide bonds. The van der Waals surface area contributed by atoms with Gasteiger partial charge in [-0.15, -0.1) is 30.6 Å². The molecule has 1 aromatic rings. The molecule has 5 nitrogen and oxygen atoms in total. The molecule has 0 saturated heterocycles. The zero-order valence-corrected chi connectivity index (χ0v) is 13.2. The molecule has 0 aliphatic heterocycles. The van der Waals surface area contributed by atoms with E-state index in [1.165, 1.54) is 0 Å². The fourth-order valence-electron chi connectivity index (χ4n) is 1.36. The van der Waals surface area contributed by atoms with E-state index in [2.05, 4.69) is 22.2 Å². The lowest BCUT2D eigenvalue weighted by Crippen LogP contribution is -2.31. The molecule has 0 aliphatic carbocycles. The Balaban J connectivity index is 0.00000324. The minimum atomic E-state index is -0.112. The highest BCUT2D eigenvalue weighted by Gasteiger charge is 2.03. The SMILES string of the molecule is C=CCNC(N)=NCc1cccc(C(=O)NC)c1.I. The molecule has 0 atom stereocenters. The lowest BCUT2D eigenvalue weighted by molar-refractivity contribution is 0.0963. The third-order valence-electron chi connectivity index (χ3n) is 2.28. The van der Waals surface area contributed by atoms with E-state index in [0.717, 1.165) is 5.56 Å². The molecule has 0 spiro atoms. The Bertz CT molecular complexity index is 460. The maximum absolute atomic E-state index is 11.5. The Labute approximate surface area is 130 Å². The van der Waals surface area contributed by atoms with Gasteiger partial charge in [0.05, 0.1) is 6.54 Å². The number of carbonyl (C=O) groups is 1. The summed E-state index contributed by atoms with van der Waals surface area (Å²) in [5.41, 5.74) is 7.19. The van der Waals surface area contributed by atoms with E-state index in [1.807, 2.05) is 12.1 Å². The molecular formula is C13H19IN4O. The van der Waals surface area contributed by atoms with E-state index in [-0.39, 0.29) is 29.9 Å². The monoisotopic (exact) mass is 374 g/mol. The Hall–Kier alpha value is -1.57. The second-order valence-electron chi connectivity index (χ2n) is 3.65. The van der Waals surface area contributed by atoms with Crippen LogP contribution in [0.2, 0.25) is 0 Å². The predicted octanol–water partition coefficient (Wildman–Crippen LogP) is 1.25. The number of aliphatic imine (C=N–C) groups is 1. The van der Waals surface area contributed by atoms with Crippen LogP contribution in [0.4, 0.5) is 0 Å². The smallest absolute Gasteiger partial charge is 0.251 e. The first-order valence-electron chi connectivity index (χ1n) is 5.63. The normalized spacial score (nSPS) is 10.3. The number of nitrogens with zero attached hydrogens (tertiary/aromatic N) is 1. The van der Waals surface area contributed by atoms with Crippen molar-refractivity contribution in [2.45, 2.75) is 6.54 Å². The van der Waals surface area contributed by atoms with Gasteiger partial charge in [-0.2, -0.15) is 0 Å². The fraction of sp³-hybridized carbons (Fsp3) is 0.231. The summed E-state index contributed by atoms with van der Waals surface area (Å²) in [7, 11) is 1.60. The zero-order valence-electron chi connectivity index (χ0n) is 10.8. The number of nitrogens with one attached hydrogen (secondary N) is 2. The second-order valence-corrected chi connectivity index (χ2v) is 3.65. The minimum absolute atomic E-state index is 0. The molecule has 0 heterocycles. The average Bonchev–Trinajstić information content (AvgIpc) is 2.42. The van der Waals surface area contributed by atoms with Crippen molar-refractivity contribution in [2.24, 2.45) is 10.7 Å². The Morgan fingerprint density at radius 2 is 2.26 bits per heavy atom. The number of carbonyl (C=O) groups excluding carboxylic acids is 1. The van der Waals surface area contributed by atoms with Crippen LogP contribution in [0.25, 0.3) is 0 Å². The van der Waals surface area contributed by atoms with Gasteiger partial charge in [0, 0.05) is 19.2 Å². The van der Waals surface area contributed by atoms with Crippen LogP contribution in [-0.2, 0) is 6.54 Å². The van der Waals surface area contributed by atoms with Gasteiger partial charge in [0.25, 0.3) is 5.91 Å². The van der Waals surface area contributed by atoms with Gasteiger partial charge in [-0.25, -0.2) is 4.99 Å². The highest BCUT2D eigenvalue weighted by Crippen LogP contribution is 2.06. The number of halogens is 1. The maximum atomic E-state index is 11.5. The summed E-state index contributed by atoms with van der Waals surface area (Å²) in [6.07, 6.45) is 1.70. The van der Waals surface area contributed by atoms with Crippen LogP contribution in [0.3, 0.4) is 0 Å². The third-order valence-corrected chi connectivity index (χ3v) is 2.28. The number of benzene rings is 1. The van der Waals surface area contributed by atoms with Crippen LogP contribution in [0.15, 0.2) is 41.9 Å². The lowest BCUT2D eigenvalue weighted by Gasteiger charge is -2.04. The van der Waals surface area contributed by atoms with E-state index in [4.69, 9.17) is 5.73 Å². The van der Waals surface area contributed by atoms with Crippen molar-refractivity contribution in [3.05, 3.63) is 48.0 Å². The summed E-state index contributed by atoms with van der Waals surface area (Å²) >= 11 is 0. The van der Waals surface area contributed by atoms with E-state index in [0.29, 0.717) is 24.6 Å². The Kier molecular flexibility index (Phi) is 8.60. The average molecular weight is 374 g/mol. The van der Waals surface area contributed by atoms with E-state index >= 15 is 0 Å². The summed E-state index contributed by atoms with van der Waals surface area (Å²) in [6.45, 7) is 4.58. The molecule has 0 saturated carbocycles. The summed E-state index contributed by atoms with van der Waals surface area (Å²) in [5.74, 6) is 0.249. The van der Waals surface area contributed by atoms with Gasteiger partial charge in [0.1, 0.15) is 0 Å². The quantitative estimate of drug-likeness (QED) is 0.314. The summed E-state index contributed by atoms with van der Waals surface area (Å²) < 4.78 is 0. The fourth-order valence-corrected chi connectivity index (χ4v) is 1.36. The molecule has 0 bridgehead atoms. The zero-order chi connectivity index (χ0) is 13.4. The summed E-state index contributed by atoms with van der Waals surface area (Å²) in [6, 6.07) is 7.27. The number of hydrogen-bond donors (Lipinski definition) is 3. The van der Waals surface area contributed by atoms with Crippen LogP contribution in [-0.4, -0.2) is 25.5 Å². The molecule has 0 radical (unpaired) electrons. The van der Waals surface area contributed by atoms with E-state index in [9.17, 15) is 4.79 Å². The number of amides is 1. The van der Waals surface area contributed by atoms with Crippen molar-refractivity contribution in [3.63, 3.8) is 0 Å². The lowest BCUT2D eigenvalue weighted by atomic mass is 10.1. The van der Waals surface area contributed by atoms with E-state index in [1.54, 1.807) is 25.3 Å². The van der Waals surface area contributed by atoms with Gasteiger partial charge in [-0.05, 0) is 17.7 Å². The predicted molar refractivity (Wildman–Crippen MR) is 88.8 cm³/mol. The van der Waals surface area contributed by atoms with Crippen molar-refractivity contribution in [2.75, 3.05) is 13.6 Å². The Morgan fingerprint density at radius 3 is 2.89 bits per heavy atom. The number of nitrogens with two attached hydrogens (primary N) is 1. The largest absolute Gasteiger partial charge is 0.370 e. The third kappa shape index (κ3) is 6.23. The van der Waals surface area contributed by atoms with Crippen molar-refractivity contribution < 1.29 is 4.79 Å². The van der Waals surface area contributed by atoms with Crippen LogP contribution < -0.4 is 16.4 Å². The molecule has 19 heavy (non-hydrogen) atoms. The van der Waals surface area contributed by atoms with Gasteiger partial charge >= 0.3 is 0 Å². The standard InChI is InChI=1S/C13H18N4O.HI/c1-3-7-16-13(14)17-9-10-5-4-6-11(8-10)12(18)15-2;/h3-6,8H,1,7,9H2,2H3,(H,15,18)(H3,14,16,17);1H. The molecule has 0 aromatic heterocycles. The first-order chi connectivity index (χ1) is 8.67. The molecule has 1 aromatic carbocycles. The molecular weight excluding hydrogens is 355 g/mol. The number of hydrogen-bond acceptors (Lipinski definition) is 2. The molecule has 1 rings (SSSR count). The number of rotatable bonds is 5. The van der Waals surface area contributed by atoms with Crippen molar-refractivity contribution in [1.82, 2.24) is 10.6 Å². The van der Waals surface area contributed by atoms with Gasteiger partial charge in [0.2, 0.25) is 0 Å². The minimum Gasteiger partial charge on any atom is -0.370 e. The van der Waals surface area contributed by atoms with Gasteiger partial charge in [-0.1, -0.05) is 18.2 Å². The van der Waals surface area contributed by atoms with Gasteiger partial charge in [-0.3, -0.25) is 4.79 Å². The highest BCUT2D eigenvalue weighted by molar-refractivity contribution is 14.0. The topological polar surface area (TPSA) is 79.5 Å². The molecule has 4 N–H and O–H groups in total. The van der Waals surface area contributed by atoms with Crippen LogP contribution in [0.1, 0.15) is 15.9 Å². The van der Waals surface area contributed by atoms with Gasteiger partial charge in [0.15, 0.2) is 5.96 Å². The van der Waals surface area contributed by atoms with Crippen LogP contribution in [0, 0.1) is 0 Å². The Morgan fingerprint density at radius 1 is 1.53 bits per heavy atom. The van der Waals surface area contributed by atoms with Crippen molar-refractivity contribution in [3.8, 4) is 0 Å². The number of guanidine groups is 1. The first-order valence-corrected chi connectivity index (χ1v) is 5.63.